The maximum atomic E-state index is 2.56. The third-order valence-corrected chi connectivity index (χ3v) is 7.40. The summed E-state index contributed by atoms with van der Waals surface area (Å²) in [6, 6.07) is 0. The third-order valence-electron chi connectivity index (χ3n) is 5.37. The summed E-state index contributed by atoms with van der Waals surface area (Å²) < 4.78 is 0. The van der Waals surface area contributed by atoms with E-state index in [2.05, 4.69) is 34.1 Å². The Balaban J connectivity index is 2.33. The van der Waals surface area contributed by atoms with Gasteiger partial charge in [-0.25, -0.2) is 0 Å². The van der Waals surface area contributed by atoms with E-state index in [1.54, 1.807) is 0 Å². The predicted molar refractivity (Wildman–Crippen MR) is 61.8 cm³/mol. The summed E-state index contributed by atoms with van der Waals surface area (Å²) in [4.78, 5) is 0. The maximum absolute atomic E-state index is 2.56. The van der Waals surface area contributed by atoms with Crippen molar-refractivity contribution in [2.45, 2.75) is 45.7 Å². The predicted octanol–water partition coefficient (Wildman–Crippen LogP) is 3.94. The molecule has 2 aliphatic rings. The van der Waals surface area contributed by atoms with Crippen molar-refractivity contribution in [3.63, 3.8) is 0 Å². The fourth-order valence-corrected chi connectivity index (χ4v) is 6.22. The number of hydrogen-bond acceptors (Lipinski definition) is 0. The molecular formula is C12H23P. The van der Waals surface area contributed by atoms with Gasteiger partial charge in [0.05, 0.1) is 0 Å². The van der Waals surface area contributed by atoms with Crippen LogP contribution in [0.5, 0.6) is 0 Å². The molecule has 0 aromatic carbocycles. The molecule has 0 heterocycles. The summed E-state index contributed by atoms with van der Waals surface area (Å²) in [5, 5.41) is 0. The molecule has 13 heavy (non-hydrogen) atoms. The van der Waals surface area contributed by atoms with Crippen molar-refractivity contribution >= 4 is 7.92 Å². The van der Waals surface area contributed by atoms with E-state index in [4.69, 9.17) is 0 Å². The van der Waals surface area contributed by atoms with Gasteiger partial charge in [-0.05, 0) is 55.0 Å². The Morgan fingerprint density at radius 1 is 1.15 bits per heavy atom. The zero-order chi connectivity index (χ0) is 9.85. The number of fused-ring (bicyclic) bond motifs is 2. The molecular weight excluding hydrogens is 175 g/mol. The zero-order valence-corrected chi connectivity index (χ0v) is 10.6. The number of rotatable bonds is 1. The Hall–Kier alpha value is 0.430. The standard InChI is InChI=1S/C12H23P/c1-11(2)9-6-7-12(11,3)10(8-9)13(4)5/h9-10H,6-8H2,1-5H3. The lowest BCUT2D eigenvalue weighted by Crippen LogP contribution is -2.34. The Bertz CT molecular complexity index is 219. The van der Waals surface area contributed by atoms with Gasteiger partial charge in [0.2, 0.25) is 0 Å². The van der Waals surface area contributed by atoms with Gasteiger partial charge in [0.15, 0.2) is 0 Å². The molecule has 1 heteroatoms. The topological polar surface area (TPSA) is 0 Å². The van der Waals surface area contributed by atoms with Gasteiger partial charge >= 0.3 is 0 Å². The quantitative estimate of drug-likeness (QED) is 0.560. The second-order valence-electron chi connectivity index (χ2n) is 6.09. The second kappa shape index (κ2) is 2.72. The fraction of sp³-hybridized carbons (Fsp3) is 1.00. The van der Waals surface area contributed by atoms with Crippen LogP contribution in [-0.4, -0.2) is 19.0 Å². The van der Waals surface area contributed by atoms with Gasteiger partial charge in [-0.2, -0.15) is 0 Å². The molecule has 0 saturated heterocycles. The highest BCUT2D eigenvalue weighted by Gasteiger charge is 2.61. The SMILES string of the molecule is CP(C)C1CC2CCC1(C)C2(C)C. The molecule has 2 bridgehead atoms. The first-order valence-electron chi connectivity index (χ1n) is 5.56. The molecule has 3 atom stereocenters. The van der Waals surface area contributed by atoms with Gasteiger partial charge in [-0.3, -0.25) is 0 Å². The molecule has 2 aliphatic carbocycles. The maximum Gasteiger partial charge on any atom is -0.0152 e. The monoisotopic (exact) mass is 198 g/mol. The number of hydrogen-bond donors (Lipinski definition) is 0. The largest absolute Gasteiger partial charge is 0.109 e. The van der Waals surface area contributed by atoms with Crippen LogP contribution in [0.2, 0.25) is 0 Å². The highest BCUT2D eigenvalue weighted by Crippen LogP contribution is 2.71. The highest BCUT2D eigenvalue weighted by molar-refractivity contribution is 7.56. The van der Waals surface area contributed by atoms with Crippen molar-refractivity contribution in [2.24, 2.45) is 16.7 Å². The summed E-state index contributed by atoms with van der Waals surface area (Å²) in [5.41, 5.74) is 2.35. The molecule has 76 valence electrons. The van der Waals surface area contributed by atoms with E-state index in [-0.39, 0.29) is 7.92 Å². The lowest BCUT2D eigenvalue weighted by atomic mass is 9.71. The average Bonchev–Trinajstić information content (AvgIpc) is 2.34. The van der Waals surface area contributed by atoms with Gasteiger partial charge in [0.1, 0.15) is 0 Å². The van der Waals surface area contributed by atoms with Gasteiger partial charge in [-0.1, -0.05) is 20.8 Å². The molecule has 0 nitrogen and oxygen atoms in total. The van der Waals surface area contributed by atoms with E-state index in [9.17, 15) is 0 Å². The van der Waals surface area contributed by atoms with Gasteiger partial charge in [-0.15, -0.1) is 7.92 Å². The highest BCUT2D eigenvalue weighted by atomic mass is 31.1. The molecule has 2 saturated carbocycles. The third kappa shape index (κ3) is 1.08. The van der Waals surface area contributed by atoms with Gasteiger partial charge in [0, 0.05) is 0 Å². The minimum Gasteiger partial charge on any atom is -0.109 e. The van der Waals surface area contributed by atoms with Crippen molar-refractivity contribution < 1.29 is 0 Å². The first-order chi connectivity index (χ1) is 5.89. The normalized spacial score (nSPS) is 47.5. The van der Waals surface area contributed by atoms with Crippen LogP contribution < -0.4 is 0 Å². The van der Waals surface area contributed by atoms with Crippen molar-refractivity contribution in [2.75, 3.05) is 13.3 Å². The Kier molecular flexibility index (Phi) is 2.09. The molecule has 0 amide bonds. The van der Waals surface area contributed by atoms with E-state index < -0.39 is 0 Å². The fourth-order valence-electron chi connectivity index (χ4n) is 3.94. The zero-order valence-electron chi connectivity index (χ0n) is 9.72. The minimum absolute atomic E-state index is 0.277. The average molecular weight is 198 g/mol. The van der Waals surface area contributed by atoms with Crippen LogP contribution >= 0.6 is 7.92 Å². The molecule has 2 rings (SSSR count). The Morgan fingerprint density at radius 3 is 2.00 bits per heavy atom. The summed E-state index contributed by atoms with van der Waals surface area (Å²) in [6.07, 6.45) is 4.53. The van der Waals surface area contributed by atoms with Crippen molar-refractivity contribution in [1.29, 1.82) is 0 Å². The Labute approximate surface area is 84.2 Å². The molecule has 0 aromatic heterocycles. The van der Waals surface area contributed by atoms with Crippen LogP contribution in [-0.2, 0) is 0 Å². The molecule has 0 aromatic rings. The van der Waals surface area contributed by atoms with Crippen molar-refractivity contribution in [3.8, 4) is 0 Å². The van der Waals surface area contributed by atoms with E-state index in [0.717, 1.165) is 11.6 Å². The van der Waals surface area contributed by atoms with Crippen LogP contribution in [0, 0.1) is 16.7 Å². The minimum atomic E-state index is 0.277. The summed E-state index contributed by atoms with van der Waals surface area (Å²) >= 11 is 0. The van der Waals surface area contributed by atoms with Gasteiger partial charge in [0.25, 0.3) is 0 Å². The van der Waals surface area contributed by atoms with E-state index in [1.165, 1.54) is 19.3 Å². The first-order valence-corrected chi connectivity index (χ1v) is 7.86. The van der Waals surface area contributed by atoms with Gasteiger partial charge < -0.3 is 0 Å². The van der Waals surface area contributed by atoms with Crippen LogP contribution in [0.25, 0.3) is 0 Å². The second-order valence-corrected chi connectivity index (χ2v) is 8.64. The molecule has 0 N–H and O–H groups in total. The van der Waals surface area contributed by atoms with E-state index in [1.807, 2.05) is 0 Å². The summed E-state index contributed by atoms with van der Waals surface area (Å²) in [5.74, 6) is 1.03. The van der Waals surface area contributed by atoms with E-state index >= 15 is 0 Å². The summed E-state index contributed by atoms with van der Waals surface area (Å²) in [6.45, 7) is 12.5. The summed E-state index contributed by atoms with van der Waals surface area (Å²) in [7, 11) is 0.277. The van der Waals surface area contributed by atoms with Crippen molar-refractivity contribution in [1.82, 2.24) is 0 Å². The van der Waals surface area contributed by atoms with Crippen LogP contribution in [0.4, 0.5) is 0 Å². The van der Waals surface area contributed by atoms with Crippen LogP contribution in [0.3, 0.4) is 0 Å². The molecule has 0 radical (unpaired) electrons. The van der Waals surface area contributed by atoms with E-state index in [0.29, 0.717) is 10.8 Å². The molecule has 3 unspecified atom stereocenters. The molecule has 2 fully saturated rings. The Morgan fingerprint density at radius 2 is 1.77 bits per heavy atom. The lowest BCUT2D eigenvalue weighted by molar-refractivity contribution is 0.155. The van der Waals surface area contributed by atoms with Crippen LogP contribution in [0.1, 0.15) is 40.0 Å². The van der Waals surface area contributed by atoms with Crippen LogP contribution in [0.15, 0.2) is 0 Å². The lowest BCUT2D eigenvalue weighted by Gasteiger charge is -2.41. The molecule has 0 aliphatic heterocycles. The molecule has 0 spiro atoms. The first kappa shape index (κ1) is 9.97. The van der Waals surface area contributed by atoms with Crippen molar-refractivity contribution in [3.05, 3.63) is 0 Å². The smallest absolute Gasteiger partial charge is 0.0152 e.